The van der Waals surface area contributed by atoms with Crippen LogP contribution in [0.1, 0.15) is 29.4 Å². The third kappa shape index (κ3) is 3.17. The largest absolute Gasteiger partial charge is 0.376 e. The van der Waals surface area contributed by atoms with Crippen LogP contribution in [0.3, 0.4) is 0 Å². The van der Waals surface area contributed by atoms with Crippen LogP contribution in [0.5, 0.6) is 0 Å². The third-order valence-electron chi connectivity index (χ3n) is 5.05. The summed E-state index contributed by atoms with van der Waals surface area (Å²) in [4.78, 5) is 19.4. The lowest BCUT2D eigenvalue weighted by molar-refractivity contribution is -0.0390. The smallest absolute Gasteiger partial charge is 0.255 e. The summed E-state index contributed by atoms with van der Waals surface area (Å²) in [6.07, 6.45) is 4.54. The van der Waals surface area contributed by atoms with Crippen molar-refractivity contribution in [3.63, 3.8) is 0 Å². The molecule has 1 N–H and O–H groups in total. The second kappa shape index (κ2) is 6.57. The van der Waals surface area contributed by atoms with Gasteiger partial charge in [-0.05, 0) is 32.4 Å². The van der Waals surface area contributed by atoms with Crippen LogP contribution in [0.15, 0.2) is 30.6 Å². The summed E-state index contributed by atoms with van der Waals surface area (Å²) in [6.45, 7) is 6.57. The third-order valence-corrected chi connectivity index (χ3v) is 5.05. The van der Waals surface area contributed by atoms with E-state index in [1.165, 1.54) is 0 Å². The van der Waals surface area contributed by atoms with Gasteiger partial charge in [-0.2, -0.15) is 5.10 Å². The Kier molecular flexibility index (Phi) is 4.27. The van der Waals surface area contributed by atoms with E-state index in [1.54, 1.807) is 17.1 Å². The summed E-state index contributed by atoms with van der Waals surface area (Å²) in [5.41, 5.74) is 1.39. The molecular weight excluding hydrogens is 318 g/mol. The van der Waals surface area contributed by atoms with Gasteiger partial charge >= 0.3 is 0 Å². The molecule has 0 bridgehead atoms. The van der Waals surface area contributed by atoms with Gasteiger partial charge < -0.3 is 10.1 Å². The van der Waals surface area contributed by atoms with Gasteiger partial charge in [0.25, 0.3) is 5.91 Å². The molecule has 3 atom stereocenters. The second-order valence-corrected chi connectivity index (χ2v) is 6.90. The Hall–Kier alpha value is -2.25. The fourth-order valence-corrected chi connectivity index (χ4v) is 3.75. The molecule has 0 unspecified atom stereocenters. The Morgan fingerprint density at radius 1 is 1.36 bits per heavy atom. The van der Waals surface area contributed by atoms with Crippen molar-refractivity contribution in [1.82, 2.24) is 25.0 Å². The van der Waals surface area contributed by atoms with Gasteiger partial charge in [0, 0.05) is 31.4 Å². The van der Waals surface area contributed by atoms with Crippen molar-refractivity contribution in [3.8, 4) is 5.82 Å². The molecule has 4 rings (SSSR count). The van der Waals surface area contributed by atoms with Gasteiger partial charge in [-0.1, -0.05) is 6.07 Å². The molecule has 0 aromatic carbocycles. The molecule has 1 amide bonds. The number of nitrogens with zero attached hydrogens (tertiary/aromatic N) is 4. The number of amides is 1. The van der Waals surface area contributed by atoms with Crippen LogP contribution in [0.2, 0.25) is 0 Å². The molecule has 2 aliphatic rings. The second-order valence-electron chi connectivity index (χ2n) is 6.90. The fraction of sp³-hybridized carbons (Fsp3) is 0.500. The van der Waals surface area contributed by atoms with Crippen LogP contribution in [-0.4, -0.2) is 63.5 Å². The number of hydrogen-bond donors (Lipinski definition) is 1. The number of nitrogens with one attached hydrogen (secondary N) is 1. The highest BCUT2D eigenvalue weighted by Crippen LogP contribution is 2.23. The summed E-state index contributed by atoms with van der Waals surface area (Å²) in [5.74, 6) is 0.640. The Morgan fingerprint density at radius 2 is 2.24 bits per heavy atom. The number of carbonyl (C=O) groups is 1. The fourth-order valence-electron chi connectivity index (χ4n) is 3.75. The lowest BCUT2D eigenvalue weighted by atomic mass is 10.1. The molecule has 0 radical (unpaired) electrons. The van der Waals surface area contributed by atoms with E-state index in [1.807, 2.05) is 25.1 Å². The van der Waals surface area contributed by atoms with Crippen molar-refractivity contribution in [1.29, 1.82) is 0 Å². The van der Waals surface area contributed by atoms with E-state index >= 15 is 0 Å². The van der Waals surface area contributed by atoms with E-state index in [9.17, 15) is 4.79 Å². The van der Waals surface area contributed by atoms with Crippen LogP contribution in [0.4, 0.5) is 0 Å². The maximum atomic E-state index is 12.7. The number of fused-ring (bicyclic) bond motifs is 1. The zero-order valence-electron chi connectivity index (χ0n) is 14.6. The quantitative estimate of drug-likeness (QED) is 0.907. The van der Waals surface area contributed by atoms with Gasteiger partial charge in [0.15, 0.2) is 5.82 Å². The first-order valence-electron chi connectivity index (χ1n) is 8.74. The molecule has 0 saturated carbocycles. The van der Waals surface area contributed by atoms with Crippen LogP contribution >= 0.6 is 0 Å². The lowest BCUT2D eigenvalue weighted by Gasteiger charge is -2.33. The van der Waals surface area contributed by atoms with Gasteiger partial charge in [0.1, 0.15) is 0 Å². The van der Waals surface area contributed by atoms with Crippen molar-refractivity contribution in [3.05, 3.63) is 41.9 Å². The number of pyridine rings is 1. The van der Waals surface area contributed by atoms with Gasteiger partial charge in [0.05, 0.1) is 30.2 Å². The van der Waals surface area contributed by atoms with E-state index in [0.29, 0.717) is 17.4 Å². The molecule has 2 aromatic heterocycles. The molecule has 132 valence electrons. The van der Waals surface area contributed by atoms with E-state index in [0.717, 1.165) is 31.8 Å². The first kappa shape index (κ1) is 16.2. The minimum absolute atomic E-state index is 0.0708. The molecular formula is C18H23N5O2. The van der Waals surface area contributed by atoms with E-state index in [-0.39, 0.29) is 18.1 Å². The van der Waals surface area contributed by atoms with Crippen LogP contribution < -0.4 is 5.32 Å². The zero-order chi connectivity index (χ0) is 17.4. The van der Waals surface area contributed by atoms with Crippen molar-refractivity contribution in [2.75, 3.05) is 19.7 Å². The summed E-state index contributed by atoms with van der Waals surface area (Å²) >= 11 is 0. The molecule has 4 heterocycles. The molecule has 2 aliphatic heterocycles. The van der Waals surface area contributed by atoms with E-state index < -0.39 is 0 Å². The lowest BCUT2D eigenvalue weighted by Crippen LogP contribution is -2.45. The van der Waals surface area contributed by atoms with Gasteiger partial charge in [-0.3, -0.25) is 9.69 Å². The summed E-state index contributed by atoms with van der Waals surface area (Å²) < 4.78 is 7.42. The maximum absolute atomic E-state index is 12.7. The van der Waals surface area contributed by atoms with Gasteiger partial charge in [-0.15, -0.1) is 0 Å². The Labute approximate surface area is 147 Å². The summed E-state index contributed by atoms with van der Waals surface area (Å²) in [7, 11) is 0. The van der Waals surface area contributed by atoms with Gasteiger partial charge in [0.2, 0.25) is 0 Å². The van der Waals surface area contributed by atoms with Gasteiger partial charge in [-0.25, -0.2) is 9.67 Å². The monoisotopic (exact) mass is 341 g/mol. The number of aromatic nitrogens is 3. The molecule has 2 aromatic rings. The van der Waals surface area contributed by atoms with Crippen molar-refractivity contribution < 1.29 is 9.53 Å². The number of ether oxygens (including phenoxy) is 1. The predicted molar refractivity (Wildman–Crippen MR) is 92.7 cm³/mol. The highest BCUT2D eigenvalue weighted by Gasteiger charge is 2.37. The zero-order valence-corrected chi connectivity index (χ0v) is 14.6. The highest BCUT2D eigenvalue weighted by atomic mass is 16.5. The van der Waals surface area contributed by atoms with Crippen LogP contribution in [0.25, 0.3) is 5.82 Å². The maximum Gasteiger partial charge on any atom is 0.255 e. The predicted octanol–water partition coefficient (Wildman–Crippen LogP) is 1.17. The first-order valence-corrected chi connectivity index (χ1v) is 8.74. The van der Waals surface area contributed by atoms with Crippen LogP contribution in [0, 0.1) is 6.92 Å². The van der Waals surface area contributed by atoms with E-state index in [4.69, 9.17) is 4.74 Å². The normalized spacial score (nSPS) is 26.4. The molecule has 7 nitrogen and oxygen atoms in total. The number of hydrogen-bond acceptors (Lipinski definition) is 5. The number of rotatable bonds is 3. The molecule has 0 aliphatic carbocycles. The minimum Gasteiger partial charge on any atom is -0.376 e. The molecule has 7 heteroatoms. The molecule has 2 saturated heterocycles. The Morgan fingerprint density at radius 3 is 3.04 bits per heavy atom. The SMILES string of the molecule is Cc1c(C(=O)N[C@@H]2C[C@H]3CO[C@@H](C)CN3C2)cnn1-c1ccccn1. The standard InChI is InChI=1S/C18H23N5O2/c1-12-9-22-10-14(7-15(22)11-25-12)21-18(24)16-8-20-23(13(16)2)17-5-3-4-6-19-17/h3-6,8,12,14-15H,7,9-11H2,1-2H3,(H,21,24)/t12-,14+,15-/m0/s1. The van der Waals surface area contributed by atoms with Crippen molar-refractivity contribution in [2.24, 2.45) is 0 Å². The minimum atomic E-state index is -0.0708. The van der Waals surface area contributed by atoms with Crippen molar-refractivity contribution >= 4 is 5.91 Å². The first-order chi connectivity index (χ1) is 12.1. The summed E-state index contributed by atoms with van der Waals surface area (Å²) in [5, 5.41) is 7.49. The number of carbonyl (C=O) groups excluding carboxylic acids is 1. The average Bonchev–Trinajstić information content (AvgIpc) is 3.18. The van der Waals surface area contributed by atoms with E-state index in [2.05, 4.69) is 27.2 Å². The number of morpholine rings is 1. The Bertz CT molecular complexity index is 760. The van der Waals surface area contributed by atoms with Crippen molar-refractivity contribution in [2.45, 2.75) is 38.5 Å². The molecule has 2 fully saturated rings. The highest BCUT2D eigenvalue weighted by molar-refractivity contribution is 5.95. The average molecular weight is 341 g/mol. The Balaban J connectivity index is 1.45. The topological polar surface area (TPSA) is 72.3 Å². The van der Waals surface area contributed by atoms with Crippen LogP contribution in [-0.2, 0) is 4.74 Å². The molecule has 0 spiro atoms. The summed E-state index contributed by atoms with van der Waals surface area (Å²) in [6, 6.07) is 6.21. The molecule has 25 heavy (non-hydrogen) atoms.